The van der Waals surface area contributed by atoms with Crippen molar-refractivity contribution >= 4 is 0 Å². The van der Waals surface area contributed by atoms with Gasteiger partial charge in [-0.15, -0.1) is 0 Å². The molecule has 0 bridgehead atoms. The molecular weight excluding hydrogens is 304 g/mol. The monoisotopic (exact) mass is 348 g/mol. The summed E-state index contributed by atoms with van der Waals surface area (Å²) in [6, 6.07) is 0.693. The number of nitrogens with zero attached hydrogens (tertiary/aromatic N) is 2. The van der Waals surface area contributed by atoms with Crippen molar-refractivity contribution in [1.29, 1.82) is 0 Å². The summed E-state index contributed by atoms with van der Waals surface area (Å²) in [6.45, 7) is 20.0. The normalized spacial score (nSPS) is 24.2. The Labute approximate surface area is 158 Å². The zero-order valence-corrected chi connectivity index (χ0v) is 17.7. The summed E-state index contributed by atoms with van der Waals surface area (Å²) in [7, 11) is 0. The molecular formula is C23H44N2. The lowest BCUT2D eigenvalue weighted by Crippen LogP contribution is -2.42. The van der Waals surface area contributed by atoms with Crippen LogP contribution in [-0.4, -0.2) is 28.9 Å². The smallest absolute Gasteiger partial charge is 0.101 e. The van der Waals surface area contributed by atoms with E-state index in [9.17, 15) is 0 Å². The van der Waals surface area contributed by atoms with Gasteiger partial charge in [-0.05, 0) is 50.9 Å². The second-order valence-corrected chi connectivity index (χ2v) is 8.11. The standard InChI is InChI=1S/C20H36N2.C3H8/c1-5-6-15-22(20-12-9-10-17(2)13-14-20)19(4)21-16-8-7-11-18(21)3;1-3-2/h17,20H,3-16H2,1-2H3;3H2,1-2H3. The number of rotatable bonds is 6. The van der Waals surface area contributed by atoms with Gasteiger partial charge in [0.05, 0.1) is 0 Å². The van der Waals surface area contributed by atoms with Crippen molar-refractivity contribution < 1.29 is 0 Å². The van der Waals surface area contributed by atoms with Gasteiger partial charge in [0.2, 0.25) is 0 Å². The Balaban J connectivity index is 0.000000970. The predicted octanol–water partition coefficient (Wildman–Crippen LogP) is 6.94. The van der Waals surface area contributed by atoms with Gasteiger partial charge in [-0.1, -0.05) is 66.5 Å². The van der Waals surface area contributed by atoms with Gasteiger partial charge in [-0.3, -0.25) is 0 Å². The third-order valence-corrected chi connectivity index (χ3v) is 5.54. The van der Waals surface area contributed by atoms with E-state index in [1.54, 1.807) is 0 Å². The Morgan fingerprint density at radius 1 is 1.08 bits per heavy atom. The minimum absolute atomic E-state index is 0.693. The number of hydrogen-bond donors (Lipinski definition) is 0. The first-order chi connectivity index (χ1) is 12.0. The third kappa shape index (κ3) is 7.46. The second-order valence-electron chi connectivity index (χ2n) is 8.11. The molecule has 0 aromatic heterocycles. The first-order valence-corrected chi connectivity index (χ1v) is 11.0. The van der Waals surface area contributed by atoms with Crippen LogP contribution in [0.25, 0.3) is 0 Å². The van der Waals surface area contributed by atoms with Crippen LogP contribution < -0.4 is 0 Å². The fourth-order valence-corrected chi connectivity index (χ4v) is 3.99. The molecule has 0 spiro atoms. The molecule has 25 heavy (non-hydrogen) atoms. The first kappa shape index (κ1) is 22.1. The summed E-state index contributed by atoms with van der Waals surface area (Å²) in [4.78, 5) is 5.05. The molecule has 1 aliphatic carbocycles. The van der Waals surface area contributed by atoms with Gasteiger partial charge in [0.1, 0.15) is 5.82 Å². The molecule has 146 valence electrons. The molecule has 1 saturated carbocycles. The Morgan fingerprint density at radius 2 is 1.80 bits per heavy atom. The fraction of sp³-hybridized carbons (Fsp3) is 0.826. The van der Waals surface area contributed by atoms with Crippen LogP contribution in [0.1, 0.15) is 98.3 Å². The summed E-state index contributed by atoms with van der Waals surface area (Å²) in [5.74, 6) is 2.13. The van der Waals surface area contributed by atoms with Crippen molar-refractivity contribution in [1.82, 2.24) is 9.80 Å². The molecule has 2 atom stereocenters. The maximum atomic E-state index is 4.50. The van der Waals surface area contributed by atoms with E-state index in [4.69, 9.17) is 0 Å². The van der Waals surface area contributed by atoms with E-state index < -0.39 is 0 Å². The topological polar surface area (TPSA) is 6.48 Å². The van der Waals surface area contributed by atoms with Crippen molar-refractivity contribution in [3.8, 4) is 0 Å². The Hall–Kier alpha value is -0.920. The minimum Gasteiger partial charge on any atom is -0.356 e. The van der Waals surface area contributed by atoms with Gasteiger partial charge in [0.25, 0.3) is 0 Å². The molecule has 2 heteroatoms. The van der Waals surface area contributed by atoms with Crippen molar-refractivity contribution in [2.45, 2.75) is 104 Å². The molecule has 1 saturated heterocycles. The van der Waals surface area contributed by atoms with Gasteiger partial charge >= 0.3 is 0 Å². The van der Waals surface area contributed by atoms with Crippen molar-refractivity contribution in [2.24, 2.45) is 5.92 Å². The molecule has 2 unspecified atom stereocenters. The van der Waals surface area contributed by atoms with Crippen molar-refractivity contribution in [2.75, 3.05) is 13.1 Å². The highest BCUT2D eigenvalue weighted by atomic mass is 15.3. The lowest BCUT2D eigenvalue weighted by molar-refractivity contribution is 0.158. The van der Waals surface area contributed by atoms with E-state index in [-0.39, 0.29) is 0 Å². The molecule has 2 aliphatic rings. The van der Waals surface area contributed by atoms with E-state index in [0.717, 1.165) is 25.4 Å². The molecule has 0 radical (unpaired) electrons. The molecule has 2 fully saturated rings. The quantitative estimate of drug-likeness (QED) is 0.479. The van der Waals surface area contributed by atoms with Gasteiger partial charge in [-0.2, -0.15) is 0 Å². The van der Waals surface area contributed by atoms with Crippen LogP contribution in [0, 0.1) is 5.92 Å². The zero-order valence-electron chi connectivity index (χ0n) is 17.7. The maximum absolute atomic E-state index is 4.50. The lowest BCUT2D eigenvalue weighted by atomic mass is 10.0. The van der Waals surface area contributed by atoms with Crippen LogP contribution in [0.3, 0.4) is 0 Å². The number of unbranched alkanes of at least 4 members (excludes halogenated alkanes) is 1. The number of likely N-dealkylation sites (tertiary alicyclic amines) is 1. The summed E-state index contributed by atoms with van der Waals surface area (Å²) in [5, 5.41) is 0. The zero-order chi connectivity index (χ0) is 18.7. The Morgan fingerprint density at radius 3 is 2.44 bits per heavy atom. The summed E-state index contributed by atoms with van der Waals surface area (Å²) >= 11 is 0. The second kappa shape index (κ2) is 12.4. The highest BCUT2D eigenvalue weighted by molar-refractivity contribution is 5.10. The van der Waals surface area contributed by atoms with Crippen LogP contribution in [0.15, 0.2) is 24.7 Å². The van der Waals surface area contributed by atoms with Crippen molar-refractivity contribution in [3.05, 3.63) is 24.7 Å². The molecule has 1 aliphatic heterocycles. The van der Waals surface area contributed by atoms with E-state index in [0.29, 0.717) is 6.04 Å². The molecule has 0 aromatic rings. The van der Waals surface area contributed by atoms with Crippen molar-refractivity contribution in [3.63, 3.8) is 0 Å². The van der Waals surface area contributed by atoms with Crippen LogP contribution in [0.2, 0.25) is 0 Å². The van der Waals surface area contributed by atoms with Crippen LogP contribution in [0.5, 0.6) is 0 Å². The lowest BCUT2D eigenvalue weighted by Gasteiger charge is -2.42. The molecule has 0 N–H and O–H groups in total. The molecule has 2 nitrogen and oxygen atoms in total. The molecule has 0 aromatic carbocycles. The van der Waals surface area contributed by atoms with E-state index in [1.807, 2.05) is 0 Å². The summed E-state index contributed by atoms with van der Waals surface area (Å²) in [6.07, 6.45) is 14.3. The third-order valence-electron chi connectivity index (χ3n) is 5.54. The largest absolute Gasteiger partial charge is 0.356 e. The van der Waals surface area contributed by atoms with Crippen LogP contribution >= 0.6 is 0 Å². The van der Waals surface area contributed by atoms with Crippen LogP contribution in [-0.2, 0) is 0 Å². The predicted molar refractivity (Wildman–Crippen MR) is 112 cm³/mol. The van der Waals surface area contributed by atoms with E-state index in [1.165, 1.54) is 75.7 Å². The van der Waals surface area contributed by atoms with Gasteiger partial charge in [-0.25, -0.2) is 0 Å². The first-order valence-electron chi connectivity index (χ1n) is 11.0. The number of hydrogen-bond acceptors (Lipinski definition) is 2. The van der Waals surface area contributed by atoms with Gasteiger partial charge in [0.15, 0.2) is 0 Å². The number of piperidine rings is 1. The summed E-state index contributed by atoms with van der Waals surface area (Å²) in [5.41, 5.74) is 1.28. The number of allylic oxidation sites excluding steroid dienone is 1. The molecule has 2 rings (SSSR count). The SMILES string of the molecule is C=C1CCCCN1C(=C)N(CCCC)C1CCCC(C)CC1.CCC. The minimum atomic E-state index is 0.693. The average molecular weight is 349 g/mol. The Kier molecular flexibility index (Phi) is 11.0. The Bertz CT molecular complexity index is 388. The van der Waals surface area contributed by atoms with Crippen LogP contribution in [0.4, 0.5) is 0 Å². The van der Waals surface area contributed by atoms with Gasteiger partial charge < -0.3 is 9.80 Å². The highest BCUT2D eigenvalue weighted by Crippen LogP contribution is 2.31. The molecule has 1 heterocycles. The fourth-order valence-electron chi connectivity index (χ4n) is 3.99. The summed E-state index contributed by atoms with van der Waals surface area (Å²) < 4.78 is 0. The highest BCUT2D eigenvalue weighted by Gasteiger charge is 2.27. The molecule has 0 amide bonds. The van der Waals surface area contributed by atoms with Gasteiger partial charge in [0, 0.05) is 24.8 Å². The van der Waals surface area contributed by atoms with E-state index >= 15 is 0 Å². The average Bonchev–Trinajstić information content (AvgIpc) is 2.81. The maximum Gasteiger partial charge on any atom is 0.101 e. The van der Waals surface area contributed by atoms with E-state index in [2.05, 4.69) is 50.7 Å².